The molecule has 11 heavy (non-hydrogen) atoms. The maximum Gasteiger partial charge on any atom is -0.0231 e. The first-order chi connectivity index (χ1) is 5.03. The van der Waals surface area contributed by atoms with Gasteiger partial charge in [-0.15, -0.1) is 0 Å². The quantitative estimate of drug-likeness (QED) is 0.465. The van der Waals surface area contributed by atoms with E-state index in [2.05, 4.69) is 27.4 Å². The van der Waals surface area contributed by atoms with Crippen LogP contribution >= 0.6 is 0 Å². The molecule has 0 heterocycles. The average Bonchev–Trinajstić information content (AvgIpc) is 2.39. The van der Waals surface area contributed by atoms with Gasteiger partial charge in [-0.25, -0.2) is 0 Å². The zero-order valence-corrected chi connectivity index (χ0v) is 7.85. The molecule has 0 nitrogen and oxygen atoms in total. The molecule has 2 aliphatic carbocycles. The number of hydrogen-bond acceptors (Lipinski definition) is 0. The second-order valence-corrected chi connectivity index (χ2v) is 5.03. The van der Waals surface area contributed by atoms with Crippen LogP contribution in [0.5, 0.6) is 0 Å². The molecule has 2 saturated carbocycles. The zero-order chi connectivity index (χ0) is 8.22. The molecule has 2 aliphatic rings. The van der Waals surface area contributed by atoms with E-state index in [-0.39, 0.29) is 0 Å². The topological polar surface area (TPSA) is 0 Å². The van der Waals surface area contributed by atoms with Gasteiger partial charge in [-0.1, -0.05) is 32.9 Å². The Bertz CT molecular complexity index is 200. The molecule has 0 spiro atoms. The minimum atomic E-state index is 0.647. The Morgan fingerprint density at radius 1 is 1.36 bits per heavy atom. The second kappa shape index (κ2) is 1.91. The average molecular weight is 150 g/mol. The number of fused-ring (bicyclic) bond motifs is 1. The summed E-state index contributed by atoms with van der Waals surface area (Å²) in [4.78, 5) is 0. The summed E-state index contributed by atoms with van der Waals surface area (Å²) >= 11 is 0. The minimum Gasteiger partial charge on any atom is -0.0996 e. The molecule has 3 atom stereocenters. The summed E-state index contributed by atoms with van der Waals surface area (Å²) in [6.07, 6.45) is 2.70. The Morgan fingerprint density at radius 2 is 2.00 bits per heavy atom. The largest absolute Gasteiger partial charge is 0.0996 e. The molecule has 0 amide bonds. The van der Waals surface area contributed by atoms with Crippen molar-refractivity contribution in [1.29, 1.82) is 0 Å². The summed E-state index contributed by atoms with van der Waals surface area (Å²) < 4.78 is 0. The maximum absolute atomic E-state index is 4.14. The highest BCUT2D eigenvalue weighted by molar-refractivity contribution is 5.18. The predicted molar refractivity (Wildman–Crippen MR) is 48.3 cm³/mol. The Labute approximate surface area is 69.7 Å². The van der Waals surface area contributed by atoms with E-state index >= 15 is 0 Å². The Hall–Kier alpha value is -0.260. The molecule has 2 unspecified atom stereocenters. The fourth-order valence-electron chi connectivity index (χ4n) is 2.76. The lowest BCUT2D eigenvalue weighted by atomic mass is 9.87. The summed E-state index contributed by atoms with van der Waals surface area (Å²) in [5.41, 5.74) is 2.14. The van der Waals surface area contributed by atoms with E-state index in [1.54, 1.807) is 0 Å². The Balaban J connectivity index is 2.12. The van der Waals surface area contributed by atoms with E-state index in [0.717, 1.165) is 17.8 Å². The number of allylic oxidation sites excluding steroid dienone is 1. The third-order valence-electron chi connectivity index (χ3n) is 4.07. The summed E-state index contributed by atoms with van der Waals surface area (Å²) in [5, 5.41) is 0. The van der Waals surface area contributed by atoms with Crippen molar-refractivity contribution in [3.05, 3.63) is 12.2 Å². The van der Waals surface area contributed by atoms with Gasteiger partial charge in [-0.2, -0.15) is 0 Å². The van der Waals surface area contributed by atoms with E-state index < -0.39 is 0 Å². The number of rotatable bonds is 0. The number of hydrogen-bond donors (Lipinski definition) is 0. The van der Waals surface area contributed by atoms with Crippen LogP contribution in [-0.2, 0) is 0 Å². The van der Waals surface area contributed by atoms with Gasteiger partial charge in [0.15, 0.2) is 0 Å². The van der Waals surface area contributed by atoms with Crippen molar-refractivity contribution in [3.63, 3.8) is 0 Å². The first-order valence-electron chi connectivity index (χ1n) is 4.71. The van der Waals surface area contributed by atoms with E-state index in [1.807, 2.05) is 0 Å². The van der Waals surface area contributed by atoms with E-state index in [4.69, 9.17) is 0 Å². The lowest BCUT2D eigenvalue weighted by Crippen LogP contribution is -2.06. The van der Waals surface area contributed by atoms with E-state index in [1.165, 1.54) is 18.4 Å². The summed E-state index contributed by atoms with van der Waals surface area (Å²) in [7, 11) is 0. The Kier molecular flexibility index (Phi) is 1.28. The molecule has 2 fully saturated rings. The normalized spacial score (nSPS) is 46.8. The Morgan fingerprint density at radius 3 is 2.55 bits per heavy atom. The standard InChI is InChI=1S/C11H18/c1-7-5-9-10(6-8(7)2)11(9,3)4/h8-10H,1,5-6H2,2-4H3/t8-,9?,10?/m1/s1. The van der Waals surface area contributed by atoms with Gasteiger partial charge in [0.2, 0.25) is 0 Å². The smallest absolute Gasteiger partial charge is 0.0231 e. The van der Waals surface area contributed by atoms with Crippen LogP contribution in [0.25, 0.3) is 0 Å². The fraction of sp³-hybridized carbons (Fsp3) is 0.818. The molecule has 0 aliphatic heterocycles. The highest BCUT2D eigenvalue weighted by Crippen LogP contribution is 2.66. The maximum atomic E-state index is 4.14. The SMILES string of the molecule is C=C1CC2C(C[C@H]1C)C2(C)C. The first-order valence-corrected chi connectivity index (χ1v) is 4.71. The summed E-state index contributed by atoms with van der Waals surface area (Å²) in [5.74, 6) is 2.78. The molecular formula is C11H18. The van der Waals surface area contributed by atoms with Crippen LogP contribution in [0.2, 0.25) is 0 Å². The molecule has 0 aromatic rings. The van der Waals surface area contributed by atoms with Crippen LogP contribution in [0.3, 0.4) is 0 Å². The predicted octanol–water partition coefficient (Wildman–Crippen LogP) is 3.24. The molecule has 0 saturated heterocycles. The van der Waals surface area contributed by atoms with Crippen molar-refractivity contribution in [2.24, 2.45) is 23.2 Å². The van der Waals surface area contributed by atoms with Crippen LogP contribution in [0, 0.1) is 23.2 Å². The second-order valence-electron chi connectivity index (χ2n) is 5.03. The molecule has 0 radical (unpaired) electrons. The van der Waals surface area contributed by atoms with Gasteiger partial charge in [-0.05, 0) is 36.0 Å². The molecule has 62 valence electrons. The summed E-state index contributed by atoms with van der Waals surface area (Å²) in [6.45, 7) is 11.3. The van der Waals surface area contributed by atoms with Gasteiger partial charge in [-0.3, -0.25) is 0 Å². The van der Waals surface area contributed by atoms with Gasteiger partial charge in [0.05, 0.1) is 0 Å². The van der Waals surface area contributed by atoms with Crippen LogP contribution in [0.15, 0.2) is 12.2 Å². The van der Waals surface area contributed by atoms with E-state index in [0.29, 0.717) is 5.41 Å². The first kappa shape index (κ1) is 7.39. The lowest BCUT2D eigenvalue weighted by Gasteiger charge is -2.18. The molecule has 0 aromatic heterocycles. The summed E-state index contributed by atoms with van der Waals surface area (Å²) in [6, 6.07) is 0. The van der Waals surface area contributed by atoms with Gasteiger partial charge < -0.3 is 0 Å². The van der Waals surface area contributed by atoms with Gasteiger partial charge in [0.1, 0.15) is 0 Å². The van der Waals surface area contributed by atoms with Crippen LogP contribution < -0.4 is 0 Å². The molecule has 0 aromatic carbocycles. The fourth-order valence-corrected chi connectivity index (χ4v) is 2.76. The molecule has 0 N–H and O–H groups in total. The lowest BCUT2D eigenvalue weighted by molar-refractivity contribution is 0.455. The van der Waals surface area contributed by atoms with Gasteiger partial charge >= 0.3 is 0 Å². The van der Waals surface area contributed by atoms with Crippen molar-refractivity contribution in [2.45, 2.75) is 33.6 Å². The highest BCUT2D eigenvalue weighted by Gasteiger charge is 2.59. The van der Waals surface area contributed by atoms with Crippen molar-refractivity contribution in [2.75, 3.05) is 0 Å². The zero-order valence-electron chi connectivity index (χ0n) is 7.85. The monoisotopic (exact) mass is 150 g/mol. The highest BCUT2D eigenvalue weighted by atomic mass is 14.6. The van der Waals surface area contributed by atoms with Gasteiger partial charge in [0.25, 0.3) is 0 Å². The molecule has 0 bridgehead atoms. The van der Waals surface area contributed by atoms with Crippen molar-refractivity contribution >= 4 is 0 Å². The van der Waals surface area contributed by atoms with Crippen LogP contribution in [0.4, 0.5) is 0 Å². The third-order valence-corrected chi connectivity index (χ3v) is 4.07. The van der Waals surface area contributed by atoms with E-state index in [9.17, 15) is 0 Å². The van der Waals surface area contributed by atoms with Crippen molar-refractivity contribution < 1.29 is 0 Å². The van der Waals surface area contributed by atoms with Crippen LogP contribution in [-0.4, -0.2) is 0 Å². The molecule has 0 heteroatoms. The van der Waals surface area contributed by atoms with Gasteiger partial charge in [0, 0.05) is 0 Å². The van der Waals surface area contributed by atoms with Crippen molar-refractivity contribution in [3.8, 4) is 0 Å². The minimum absolute atomic E-state index is 0.647. The molecule has 2 rings (SSSR count). The van der Waals surface area contributed by atoms with Crippen LogP contribution in [0.1, 0.15) is 33.6 Å². The molecular weight excluding hydrogens is 132 g/mol. The van der Waals surface area contributed by atoms with Crippen molar-refractivity contribution in [1.82, 2.24) is 0 Å². The third kappa shape index (κ3) is 0.881.